The van der Waals surface area contributed by atoms with Crippen LogP contribution in [0.5, 0.6) is 5.75 Å². The fourth-order valence-electron chi connectivity index (χ4n) is 2.15. The molecule has 2 aromatic rings. The Labute approximate surface area is 140 Å². The first kappa shape index (κ1) is 17.1. The van der Waals surface area contributed by atoms with E-state index < -0.39 is 6.23 Å². The standard InChI is InChI=1S/C15H19Cl2N3O2/c1-15(2,8-16)13(21-3)14(20-10-18-9-19-20)22-12-6-4-11(17)5-7-12/h4-7,9-10,13-14H,8H2,1-3H3. The van der Waals surface area contributed by atoms with E-state index in [1.807, 2.05) is 13.8 Å². The summed E-state index contributed by atoms with van der Waals surface area (Å²) in [7, 11) is 1.63. The number of nitrogens with zero attached hydrogens (tertiary/aromatic N) is 3. The van der Waals surface area contributed by atoms with Crippen LogP contribution in [0.4, 0.5) is 0 Å². The van der Waals surface area contributed by atoms with Crippen molar-refractivity contribution in [2.45, 2.75) is 26.2 Å². The minimum absolute atomic E-state index is 0.317. The second kappa shape index (κ2) is 7.31. The van der Waals surface area contributed by atoms with Crippen molar-refractivity contribution in [3.8, 4) is 5.75 Å². The average molecular weight is 344 g/mol. The van der Waals surface area contributed by atoms with Gasteiger partial charge in [-0.3, -0.25) is 0 Å². The Balaban J connectivity index is 2.32. The van der Waals surface area contributed by atoms with Gasteiger partial charge < -0.3 is 9.47 Å². The van der Waals surface area contributed by atoms with Crippen molar-refractivity contribution in [2.75, 3.05) is 13.0 Å². The zero-order chi connectivity index (χ0) is 16.2. The van der Waals surface area contributed by atoms with Crippen molar-refractivity contribution < 1.29 is 9.47 Å². The number of ether oxygens (including phenoxy) is 2. The number of benzene rings is 1. The molecule has 5 nitrogen and oxygen atoms in total. The van der Waals surface area contributed by atoms with Crippen LogP contribution in [0, 0.1) is 5.41 Å². The molecule has 2 rings (SSSR count). The monoisotopic (exact) mass is 343 g/mol. The van der Waals surface area contributed by atoms with Crippen molar-refractivity contribution >= 4 is 23.2 Å². The van der Waals surface area contributed by atoms with Gasteiger partial charge >= 0.3 is 0 Å². The fraction of sp³-hybridized carbons (Fsp3) is 0.467. The summed E-state index contributed by atoms with van der Waals surface area (Å²) >= 11 is 12.0. The van der Waals surface area contributed by atoms with Crippen molar-refractivity contribution in [3.05, 3.63) is 41.9 Å². The van der Waals surface area contributed by atoms with Gasteiger partial charge in [0.1, 0.15) is 24.5 Å². The van der Waals surface area contributed by atoms with Crippen LogP contribution in [0.2, 0.25) is 5.02 Å². The molecule has 0 amide bonds. The molecular formula is C15H19Cl2N3O2. The molecule has 120 valence electrons. The quantitative estimate of drug-likeness (QED) is 0.717. The van der Waals surface area contributed by atoms with Gasteiger partial charge in [-0.05, 0) is 24.3 Å². The van der Waals surface area contributed by atoms with E-state index in [0.29, 0.717) is 16.7 Å². The SMILES string of the molecule is COC(C(Oc1ccc(Cl)cc1)n1cncn1)C(C)(C)CCl. The summed E-state index contributed by atoms with van der Waals surface area (Å²) in [6.45, 7) is 4.03. The Morgan fingerprint density at radius 1 is 1.27 bits per heavy atom. The molecule has 0 spiro atoms. The largest absolute Gasteiger partial charge is 0.466 e. The molecule has 0 aliphatic heterocycles. The van der Waals surface area contributed by atoms with E-state index in [1.165, 1.54) is 6.33 Å². The van der Waals surface area contributed by atoms with Crippen molar-refractivity contribution in [1.82, 2.24) is 14.8 Å². The molecule has 0 saturated heterocycles. The summed E-state index contributed by atoms with van der Waals surface area (Å²) in [5.74, 6) is 1.08. The van der Waals surface area contributed by atoms with Gasteiger partial charge in [0, 0.05) is 23.4 Å². The van der Waals surface area contributed by atoms with Gasteiger partial charge in [-0.1, -0.05) is 25.4 Å². The summed E-state index contributed by atoms with van der Waals surface area (Å²) in [5, 5.41) is 4.83. The van der Waals surface area contributed by atoms with Gasteiger partial charge in [0.2, 0.25) is 6.23 Å². The summed E-state index contributed by atoms with van der Waals surface area (Å²) in [6, 6.07) is 7.13. The molecule has 0 fully saturated rings. The Bertz CT molecular complexity index is 573. The third-order valence-electron chi connectivity index (χ3n) is 3.40. The number of hydrogen-bond acceptors (Lipinski definition) is 4. The Hall–Kier alpha value is -1.30. The van der Waals surface area contributed by atoms with Crippen molar-refractivity contribution in [2.24, 2.45) is 5.41 Å². The maximum absolute atomic E-state index is 6.10. The van der Waals surface area contributed by atoms with E-state index in [0.717, 1.165) is 0 Å². The van der Waals surface area contributed by atoms with E-state index in [9.17, 15) is 0 Å². The Morgan fingerprint density at radius 2 is 1.95 bits per heavy atom. The van der Waals surface area contributed by atoms with E-state index in [4.69, 9.17) is 32.7 Å². The summed E-state index contributed by atoms with van der Waals surface area (Å²) < 4.78 is 13.4. The number of hydrogen-bond donors (Lipinski definition) is 0. The van der Waals surface area contributed by atoms with E-state index in [-0.39, 0.29) is 11.5 Å². The number of methoxy groups -OCH3 is 1. The molecule has 0 N–H and O–H groups in total. The van der Waals surface area contributed by atoms with Gasteiger partial charge in [0.05, 0.1) is 0 Å². The van der Waals surface area contributed by atoms with Crippen LogP contribution in [0.15, 0.2) is 36.9 Å². The predicted molar refractivity (Wildman–Crippen MR) is 86.4 cm³/mol. The van der Waals surface area contributed by atoms with Gasteiger partial charge in [0.15, 0.2) is 0 Å². The number of halogens is 2. The first-order chi connectivity index (χ1) is 10.5. The smallest absolute Gasteiger partial charge is 0.219 e. The van der Waals surface area contributed by atoms with Gasteiger partial charge in [-0.15, -0.1) is 11.6 Å². The molecule has 7 heteroatoms. The number of alkyl halides is 1. The highest BCUT2D eigenvalue weighted by molar-refractivity contribution is 6.30. The third-order valence-corrected chi connectivity index (χ3v) is 4.34. The van der Waals surface area contributed by atoms with Crippen LogP contribution >= 0.6 is 23.2 Å². The molecule has 1 aromatic heterocycles. The van der Waals surface area contributed by atoms with Crippen LogP contribution < -0.4 is 4.74 Å². The molecule has 0 bridgehead atoms. The Kier molecular flexibility index (Phi) is 5.67. The summed E-state index contributed by atoms with van der Waals surface area (Å²) in [6.07, 6.45) is 2.24. The fourth-order valence-corrected chi connectivity index (χ4v) is 2.43. The van der Waals surface area contributed by atoms with Gasteiger partial charge in [-0.2, -0.15) is 5.10 Å². The second-order valence-electron chi connectivity index (χ2n) is 5.62. The molecule has 0 saturated carbocycles. The zero-order valence-corrected chi connectivity index (χ0v) is 14.3. The molecule has 0 aliphatic rings. The molecule has 1 heterocycles. The highest BCUT2D eigenvalue weighted by Gasteiger charge is 2.38. The van der Waals surface area contributed by atoms with E-state index in [1.54, 1.807) is 42.4 Å². The first-order valence-electron chi connectivity index (χ1n) is 6.83. The maximum atomic E-state index is 6.10. The topological polar surface area (TPSA) is 49.2 Å². The normalized spacial score (nSPS) is 14.6. The molecule has 0 radical (unpaired) electrons. The van der Waals surface area contributed by atoms with Crippen LogP contribution in [0.3, 0.4) is 0 Å². The van der Waals surface area contributed by atoms with E-state index >= 15 is 0 Å². The van der Waals surface area contributed by atoms with Crippen LogP contribution in [0.25, 0.3) is 0 Å². The predicted octanol–water partition coefficient (Wildman–Crippen LogP) is 3.79. The Morgan fingerprint density at radius 3 is 2.45 bits per heavy atom. The minimum Gasteiger partial charge on any atom is -0.466 e. The lowest BCUT2D eigenvalue weighted by Gasteiger charge is -2.36. The molecular weight excluding hydrogens is 325 g/mol. The first-order valence-corrected chi connectivity index (χ1v) is 7.74. The maximum Gasteiger partial charge on any atom is 0.219 e. The molecule has 0 aliphatic carbocycles. The molecule has 22 heavy (non-hydrogen) atoms. The van der Waals surface area contributed by atoms with Crippen molar-refractivity contribution in [1.29, 1.82) is 0 Å². The highest BCUT2D eigenvalue weighted by Crippen LogP contribution is 2.34. The minimum atomic E-state index is -0.498. The molecule has 2 unspecified atom stereocenters. The lowest BCUT2D eigenvalue weighted by molar-refractivity contribution is -0.0947. The zero-order valence-electron chi connectivity index (χ0n) is 12.7. The lowest BCUT2D eigenvalue weighted by atomic mass is 9.87. The number of aromatic nitrogens is 3. The summed E-state index contributed by atoms with van der Waals surface area (Å²) in [5.41, 5.74) is -0.320. The molecule has 1 aromatic carbocycles. The van der Waals surface area contributed by atoms with Gasteiger partial charge in [-0.25, -0.2) is 9.67 Å². The summed E-state index contributed by atoms with van der Waals surface area (Å²) in [4.78, 5) is 3.99. The van der Waals surface area contributed by atoms with Gasteiger partial charge in [0.25, 0.3) is 0 Å². The second-order valence-corrected chi connectivity index (χ2v) is 6.32. The molecule has 2 atom stereocenters. The van der Waals surface area contributed by atoms with Crippen molar-refractivity contribution in [3.63, 3.8) is 0 Å². The van der Waals surface area contributed by atoms with Crippen LogP contribution in [-0.4, -0.2) is 33.9 Å². The highest BCUT2D eigenvalue weighted by atomic mass is 35.5. The van der Waals surface area contributed by atoms with Crippen LogP contribution in [-0.2, 0) is 4.74 Å². The van der Waals surface area contributed by atoms with E-state index in [2.05, 4.69) is 10.1 Å². The lowest BCUT2D eigenvalue weighted by Crippen LogP contribution is -2.43. The average Bonchev–Trinajstić information content (AvgIpc) is 3.03. The number of rotatable bonds is 7. The van der Waals surface area contributed by atoms with Crippen LogP contribution in [0.1, 0.15) is 20.1 Å². The third kappa shape index (κ3) is 3.91.